The number of carbonyl (C=O) groups excluding carboxylic acids is 1. The van der Waals surface area contributed by atoms with Gasteiger partial charge in [-0.05, 0) is 37.0 Å². The van der Waals surface area contributed by atoms with Crippen LogP contribution in [0.25, 0.3) is 22.3 Å². The van der Waals surface area contributed by atoms with E-state index in [9.17, 15) is 13.2 Å². The molecular formula is C27H26N4O3S. The van der Waals surface area contributed by atoms with Gasteiger partial charge in [-0.1, -0.05) is 54.6 Å². The Balaban J connectivity index is 1.50. The lowest BCUT2D eigenvalue weighted by Gasteiger charge is -2.29. The van der Waals surface area contributed by atoms with Crippen molar-refractivity contribution in [2.24, 2.45) is 0 Å². The van der Waals surface area contributed by atoms with E-state index in [1.165, 1.54) is 11.1 Å². The minimum atomic E-state index is -3.10. The summed E-state index contributed by atoms with van der Waals surface area (Å²) in [5, 5.41) is 5.42. The van der Waals surface area contributed by atoms with Crippen LogP contribution in [-0.2, 0) is 22.8 Å². The van der Waals surface area contributed by atoms with Gasteiger partial charge in [0.25, 0.3) is 5.91 Å². The molecule has 0 aliphatic carbocycles. The lowest BCUT2D eigenvalue weighted by molar-refractivity contribution is 0.0736. The van der Waals surface area contributed by atoms with E-state index in [-0.39, 0.29) is 23.5 Å². The molecule has 8 heteroatoms. The summed E-state index contributed by atoms with van der Waals surface area (Å²) in [6.07, 6.45) is 1.32. The Morgan fingerprint density at radius 2 is 1.77 bits per heavy atom. The lowest BCUT2D eigenvalue weighted by atomic mass is 9.98. The van der Waals surface area contributed by atoms with E-state index in [4.69, 9.17) is 10.1 Å². The van der Waals surface area contributed by atoms with Gasteiger partial charge in [-0.3, -0.25) is 4.79 Å². The molecular weight excluding hydrogens is 460 g/mol. The molecule has 2 aromatic carbocycles. The maximum atomic E-state index is 14.0. The number of nitrogens with zero attached hydrogens (tertiary/aromatic N) is 4. The van der Waals surface area contributed by atoms with Crippen molar-refractivity contribution in [2.75, 3.05) is 18.1 Å². The first-order chi connectivity index (χ1) is 16.9. The van der Waals surface area contributed by atoms with E-state index in [0.29, 0.717) is 47.5 Å². The molecule has 6 rings (SSSR count). The van der Waals surface area contributed by atoms with Gasteiger partial charge >= 0.3 is 0 Å². The van der Waals surface area contributed by atoms with Gasteiger partial charge < -0.3 is 4.90 Å². The van der Waals surface area contributed by atoms with Gasteiger partial charge in [0.2, 0.25) is 0 Å². The Bertz CT molecular complexity index is 1560. The quantitative estimate of drug-likeness (QED) is 0.438. The highest BCUT2D eigenvalue weighted by Crippen LogP contribution is 2.33. The third-order valence-electron chi connectivity index (χ3n) is 7.11. The van der Waals surface area contributed by atoms with Crippen molar-refractivity contribution >= 4 is 26.8 Å². The molecule has 1 atom stereocenters. The third-order valence-corrected chi connectivity index (χ3v) is 8.86. The molecule has 1 amide bonds. The number of fused-ring (bicyclic) bond motifs is 2. The van der Waals surface area contributed by atoms with Crippen LogP contribution in [0.2, 0.25) is 0 Å². The first-order valence-corrected chi connectivity index (χ1v) is 13.7. The Labute approximate surface area is 204 Å². The van der Waals surface area contributed by atoms with Gasteiger partial charge in [0.1, 0.15) is 0 Å². The Hall–Kier alpha value is -3.52. The molecule has 0 bridgehead atoms. The normalized spacial score (nSPS) is 19.1. The molecule has 4 aromatic rings. The van der Waals surface area contributed by atoms with Crippen LogP contribution in [-0.4, -0.2) is 52.0 Å². The fraction of sp³-hybridized carbons (Fsp3) is 0.296. The largest absolute Gasteiger partial charge is 0.334 e. The molecule has 2 aromatic heterocycles. The summed E-state index contributed by atoms with van der Waals surface area (Å²) in [6.45, 7) is 3.08. The van der Waals surface area contributed by atoms with Crippen LogP contribution in [0.5, 0.6) is 0 Å². The zero-order valence-electron chi connectivity index (χ0n) is 19.5. The molecule has 4 heterocycles. The minimum absolute atomic E-state index is 0.0483. The highest BCUT2D eigenvalue weighted by Gasteiger charge is 2.33. The average Bonchev–Trinajstić information content (AvgIpc) is 3.41. The number of aryl methyl sites for hydroxylation is 1. The molecule has 0 saturated carbocycles. The predicted octanol–water partition coefficient (Wildman–Crippen LogP) is 3.96. The van der Waals surface area contributed by atoms with Crippen LogP contribution in [0.4, 0.5) is 0 Å². The minimum Gasteiger partial charge on any atom is -0.334 e. The summed E-state index contributed by atoms with van der Waals surface area (Å²) < 4.78 is 26.2. The summed E-state index contributed by atoms with van der Waals surface area (Å²) in [4.78, 5) is 20.8. The number of amides is 1. The molecule has 0 N–H and O–H groups in total. The second kappa shape index (κ2) is 8.30. The average molecular weight is 487 g/mol. The van der Waals surface area contributed by atoms with Crippen LogP contribution in [0, 0.1) is 6.92 Å². The van der Waals surface area contributed by atoms with Crippen molar-refractivity contribution in [1.29, 1.82) is 0 Å². The van der Waals surface area contributed by atoms with Crippen molar-refractivity contribution in [3.8, 4) is 11.3 Å². The Morgan fingerprint density at radius 1 is 1.03 bits per heavy atom. The summed E-state index contributed by atoms with van der Waals surface area (Å²) in [5.74, 6) is 0.146. The van der Waals surface area contributed by atoms with E-state index in [1.807, 2.05) is 60.4 Å². The smallest absolute Gasteiger partial charge is 0.255 e. The van der Waals surface area contributed by atoms with Crippen LogP contribution < -0.4 is 0 Å². The van der Waals surface area contributed by atoms with Crippen molar-refractivity contribution in [2.45, 2.75) is 32.4 Å². The second-order valence-electron chi connectivity index (χ2n) is 9.45. The molecule has 1 fully saturated rings. The standard InChI is InChI=1S/C27H26N4O3S/c1-18-25-23(27(32)30-13-11-19-7-5-6-10-21(19)16-30)15-24(20-8-3-2-4-9-20)28-26(25)31(29-18)22-12-14-35(33,34)17-22/h2-10,15,22H,11-14,16-17H2,1H3/t22-/m0/s1. The first kappa shape index (κ1) is 22.0. The Morgan fingerprint density at radius 3 is 2.51 bits per heavy atom. The number of rotatable bonds is 3. The molecule has 35 heavy (non-hydrogen) atoms. The third kappa shape index (κ3) is 3.91. The number of hydrogen-bond donors (Lipinski definition) is 0. The van der Waals surface area contributed by atoms with E-state index in [2.05, 4.69) is 12.1 Å². The second-order valence-corrected chi connectivity index (χ2v) is 11.7. The number of carbonyl (C=O) groups is 1. The number of hydrogen-bond acceptors (Lipinski definition) is 5. The number of pyridine rings is 1. The van der Waals surface area contributed by atoms with Crippen LogP contribution in [0.15, 0.2) is 60.7 Å². The summed E-state index contributed by atoms with van der Waals surface area (Å²) >= 11 is 0. The fourth-order valence-corrected chi connectivity index (χ4v) is 6.99. The van der Waals surface area contributed by atoms with Gasteiger partial charge in [0, 0.05) is 18.7 Å². The maximum Gasteiger partial charge on any atom is 0.255 e. The van der Waals surface area contributed by atoms with E-state index in [1.54, 1.807) is 4.68 Å². The lowest BCUT2D eigenvalue weighted by Crippen LogP contribution is -2.36. The SMILES string of the molecule is Cc1nn([C@H]2CCS(=O)(=O)C2)c2nc(-c3ccccc3)cc(C(=O)N3CCc4ccccc4C3)c12. The molecule has 7 nitrogen and oxygen atoms in total. The van der Waals surface area contributed by atoms with Crippen molar-refractivity contribution in [3.05, 3.63) is 83.0 Å². The summed E-state index contributed by atoms with van der Waals surface area (Å²) in [6, 6.07) is 19.6. The zero-order chi connectivity index (χ0) is 24.2. The van der Waals surface area contributed by atoms with Gasteiger partial charge in [-0.15, -0.1) is 0 Å². The van der Waals surface area contributed by atoms with Crippen molar-refractivity contribution < 1.29 is 13.2 Å². The van der Waals surface area contributed by atoms with Crippen LogP contribution in [0.3, 0.4) is 0 Å². The number of benzene rings is 2. The zero-order valence-corrected chi connectivity index (χ0v) is 20.3. The van der Waals surface area contributed by atoms with Gasteiger partial charge in [-0.2, -0.15) is 5.10 Å². The highest BCUT2D eigenvalue weighted by molar-refractivity contribution is 7.91. The van der Waals surface area contributed by atoms with Crippen molar-refractivity contribution in [1.82, 2.24) is 19.7 Å². The molecule has 2 aliphatic rings. The van der Waals surface area contributed by atoms with Gasteiger partial charge in [0.05, 0.1) is 39.9 Å². The number of sulfone groups is 1. The Kier molecular flexibility index (Phi) is 5.21. The summed E-state index contributed by atoms with van der Waals surface area (Å²) in [7, 11) is -3.10. The summed E-state index contributed by atoms with van der Waals surface area (Å²) in [5.41, 5.74) is 5.87. The number of aromatic nitrogens is 3. The van der Waals surface area contributed by atoms with E-state index >= 15 is 0 Å². The topological polar surface area (TPSA) is 85.2 Å². The predicted molar refractivity (Wildman–Crippen MR) is 135 cm³/mol. The molecule has 2 aliphatic heterocycles. The van der Waals surface area contributed by atoms with E-state index < -0.39 is 9.84 Å². The molecule has 0 unspecified atom stereocenters. The van der Waals surface area contributed by atoms with Crippen LogP contribution >= 0.6 is 0 Å². The molecule has 0 radical (unpaired) electrons. The molecule has 1 saturated heterocycles. The molecule has 0 spiro atoms. The van der Waals surface area contributed by atoms with E-state index in [0.717, 1.165) is 12.0 Å². The highest BCUT2D eigenvalue weighted by atomic mass is 32.2. The fourth-order valence-electron chi connectivity index (χ4n) is 5.30. The first-order valence-electron chi connectivity index (χ1n) is 11.9. The van der Waals surface area contributed by atoms with Gasteiger partial charge in [0.15, 0.2) is 15.5 Å². The maximum absolute atomic E-state index is 14.0. The monoisotopic (exact) mass is 486 g/mol. The van der Waals surface area contributed by atoms with Crippen molar-refractivity contribution in [3.63, 3.8) is 0 Å². The molecule has 178 valence electrons. The van der Waals surface area contributed by atoms with Crippen LogP contribution in [0.1, 0.15) is 39.6 Å². The van der Waals surface area contributed by atoms with Gasteiger partial charge in [-0.25, -0.2) is 18.1 Å².